The van der Waals surface area contributed by atoms with Crippen LogP contribution >= 0.6 is 0 Å². The average molecular weight is 151 g/mol. The minimum Gasteiger partial charge on any atom is -0.361 e. The van der Waals surface area contributed by atoms with Crippen molar-refractivity contribution in [2.75, 3.05) is 0 Å². The third kappa shape index (κ3) is 1.79. The van der Waals surface area contributed by atoms with Crippen LogP contribution in [0.2, 0.25) is 0 Å². The largest absolute Gasteiger partial charge is 0.361 e. The lowest BCUT2D eigenvalue weighted by Crippen LogP contribution is -2.09. The summed E-state index contributed by atoms with van der Waals surface area (Å²) in [6.45, 7) is 1.79. The van der Waals surface area contributed by atoms with Crippen LogP contribution in [0.3, 0.4) is 0 Å². The van der Waals surface area contributed by atoms with E-state index in [9.17, 15) is 0 Å². The van der Waals surface area contributed by atoms with Gasteiger partial charge in [0.25, 0.3) is 0 Å². The van der Waals surface area contributed by atoms with E-state index >= 15 is 0 Å². The summed E-state index contributed by atoms with van der Waals surface area (Å²) in [6, 6.07) is 3.38. The van der Waals surface area contributed by atoms with Crippen molar-refractivity contribution in [3.05, 3.63) is 17.5 Å². The second-order valence-electron chi connectivity index (χ2n) is 2.33. The van der Waals surface area contributed by atoms with E-state index in [0.717, 1.165) is 0 Å². The van der Waals surface area contributed by atoms with Crippen LogP contribution in [-0.4, -0.2) is 5.16 Å². The zero-order valence-electron chi connectivity index (χ0n) is 6.24. The summed E-state index contributed by atoms with van der Waals surface area (Å²) in [4.78, 5) is 0. The van der Waals surface area contributed by atoms with E-state index in [1.165, 1.54) is 0 Å². The minimum absolute atomic E-state index is 0.270. The van der Waals surface area contributed by atoms with E-state index < -0.39 is 0 Å². The van der Waals surface area contributed by atoms with Gasteiger partial charge in [-0.15, -0.1) is 0 Å². The van der Waals surface area contributed by atoms with Gasteiger partial charge in [0.2, 0.25) is 0 Å². The monoisotopic (exact) mass is 151 g/mol. The number of nitriles is 1. The van der Waals surface area contributed by atoms with Gasteiger partial charge in [-0.25, -0.2) is 0 Å². The van der Waals surface area contributed by atoms with Crippen LogP contribution in [-0.2, 0) is 0 Å². The summed E-state index contributed by atoms with van der Waals surface area (Å²) in [7, 11) is 0. The summed E-state index contributed by atoms with van der Waals surface area (Å²) in [6.07, 6.45) is 0.270. The second-order valence-corrected chi connectivity index (χ2v) is 2.33. The molecule has 1 unspecified atom stereocenters. The van der Waals surface area contributed by atoms with E-state index in [1.807, 2.05) is 6.07 Å². The molecule has 1 rings (SSSR count). The van der Waals surface area contributed by atoms with Crippen LogP contribution in [0.5, 0.6) is 0 Å². The maximum Gasteiger partial charge on any atom is 0.133 e. The number of nitrogens with two attached hydrogens (primary N) is 1. The summed E-state index contributed by atoms with van der Waals surface area (Å²) < 4.78 is 4.79. The number of hydrogen-bond donors (Lipinski definition) is 1. The van der Waals surface area contributed by atoms with Gasteiger partial charge >= 0.3 is 0 Å². The second kappa shape index (κ2) is 3.17. The van der Waals surface area contributed by atoms with Crippen molar-refractivity contribution in [1.29, 1.82) is 5.26 Å². The van der Waals surface area contributed by atoms with Crippen LogP contribution < -0.4 is 5.73 Å². The highest BCUT2D eigenvalue weighted by molar-refractivity contribution is 5.09. The van der Waals surface area contributed by atoms with E-state index in [4.69, 9.17) is 15.5 Å². The zero-order chi connectivity index (χ0) is 8.27. The van der Waals surface area contributed by atoms with Crippen molar-refractivity contribution in [3.8, 4) is 6.07 Å². The van der Waals surface area contributed by atoms with Crippen molar-refractivity contribution < 1.29 is 4.52 Å². The van der Waals surface area contributed by atoms with Crippen molar-refractivity contribution in [3.63, 3.8) is 0 Å². The molecule has 2 N–H and O–H groups in total. The zero-order valence-corrected chi connectivity index (χ0v) is 6.24. The van der Waals surface area contributed by atoms with Crippen LogP contribution in [0.4, 0.5) is 0 Å². The lowest BCUT2D eigenvalue weighted by molar-refractivity contribution is 0.386. The van der Waals surface area contributed by atoms with Gasteiger partial charge in [-0.05, 0) is 6.92 Å². The molecule has 1 aromatic heterocycles. The summed E-state index contributed by atoms with van der Waals surface area (Å²) >= 11 is 0. The van der Waals surface area contributed by atoms with Crippen LogP contribution in [0, 0.1) is 18.3 Å². The highest BCUT2D eigenvalue weighted by Crippen LogP contribution is 2.12. The van der Waals surface area contributed by atoms with Gasteiger partial charge in [-0.2, -0.15) is 5.26 Å². The molecule has 0 radical (unpaired) electrons. The molecule has 4 heteroatoms. The third-order valence-corrected chi connectivity index (χ3v) is 1.34. The molecule has 1 aromatic rings. The van der Waals surface area contributed by atoms with Crippen LogP contribution in [0.25, 0.3) is 0 Å². The molecular formula is C7H9N3O. The Labute approximate surface area is 64.6 Å². The van der Waals surface area contributed by atoms with Crippen molar-refractivity contribution in [1.82, 2.24) is 5.16 Å². The minimum atomic E-state index is -0.322. The quantitative estimate of drug-likeness (QED) is 0.681. The molecule has 0 spiro atoms. The smallest absolute Gasteiger partial charge is 0.133 e. The van der Waals surface area contributed by atoms with Gasteiger partial charge in [-0.1, -0.05) is 5.16 Å². The predicted octanol–water partition coefficient (Wildman–Crippen LogP) is 0.896. The molecule has 0 saturated carbocycles. The standard InChI is InChI=1S/C7H9N3O/c1-5-4-7(10-11-5)6(9)2-3-8/h4,6H,2,9H2,1H3. The molecule has 11 heavy (non-hydrogen) atoms. The van der Waals surface area contributed by atoms with Crippen molar-refractivity contribution >= 4 is 0 Å². The van der Waals surface area contributed by atoms with Crippen LogP contribution in [0.15, 0.2) is 10.6 Å². The maximum absolute atomic E-state index is 8.32. The summed E-state index contributed by atoms with van der Waals surface area (Å²) in [5.41, 5.74) is 6.22. The Kier molecular flexibility index (Phi) is 2.24. The number of rotatable bonds is 2. The molecule has 0 amide bonds. The molecular weight excluding hydrogens is 142 g/mol. The Bertz CT molecular complexity index is 273. The van der Waals surface area contributed by atoms with Crippen molar-refractivity contribution in [2.24, 2.45) is 5.73 Å². The topological polar surface area (TPSA) is 75.8 Å². The van der Waals surface area contributed by atoms with Gasteiger partial charge in [0.1, 0.15) is 11.5 Å². The molecule has 0 bridgehead atoms. The highest BCUT2D eigenvalue weighted by atomic mass is 16.5. The Morgan fingerprint density at radius 3 is 3.09 bits per heavy atom. The Morgan fingerprint density at radius 1 is 1.91 bits per heavy atom. The average Bonchev–Trinajstić information content (AvgIpc) is 2.36. The van der Waals surface area contributed by atoms with E-state index in [1.54, 1.807) is 13.0 Å². The van der Waals surface area contributed by atoms with E-state index in [2.05, 4.69) is 5.16 Å². The van der Waals surface area contributed by atoms with Crippen molar-refractivity contribution in [2.45, 2.75) is 19.4 Å². The molecule has 0 aliphatic rings. The molecule has 0 aliphatic heterocycles. The maximum atomic E-state index is 8.32. The van der Waals surface area contributed by atoms with Gasteiger partial charge in [0.15, 0.2) is 0 Å². The lowest BCUT2D eigenvalue weighted by atomic mass is 10.1. The Hall–Kier alpha value is -1.34. The fourth-order valence-corrected chi connectivity index (χ4v) is 0.763. The van der Waals surface area contributed by atoms with E-state index in [0.29, 0.717) is 11.5 Å². The fourth-order valence-electron chi connectivity index (χ4n) is 0.763. The van der Waals surface area contributed by atoms with Gasteiger partial charge < -0.3 is 10.3 Å². The van der Waals surface area contributed by atoms with Crippen LogP contribution in [0.1, 0.15) is 23.9 Å². The normalized spacial score (nSPS) is 12.5. The number of hydrogen-bond acceptors (Lipinski definition) is 4. The Balaban J connectivity index is 2.70. The molecule has 0 aromatic carbocycles. The first-order valence-corrected chi connectivity index (χ1v) is 3.30. The molecule has 1 atom stereocenters. The van der Waals surface area contributed by atoms with Gasteiger partial charge in [-0.3, -0.25) is 0 Å². The predicted molar refractivity (Wildman–Crippen MR) is 38.4 cm³/mol. The molecule has 0 fully saturated rings. The molecule has 0 saturated heterocycles. The molecule has 0 aliphatic carbocycles. The highest BCUT2D eigenvalue weighted by Gasteiger charge is 2.09. The van der Waals surface area contributed by atoms with Gasteiger partial charge in [0.05, 0.1) is 18.5 Å². The third-order valence-electron chi connectivity index (χ3n) is 1.34. The first-order valence-electron chi connectivity index (χ1n) is 3.30. The number of aryl methyl sites for hydroxylation is 1. The molecule has 4 nitrogen and oxygen atoms in total. The Morgan fingerprint density at radius 2 is 2.64 bits per heavy atom. The first kappa shape index (κ1) is 7.76. The molecule has 58 valence electrons. The summed E-state index contributed by atoms with van der Waals surface area (Å²) in [5, 5.41) is 12.0. The first-order chi connectivity index (χ1) is 5.24. The fraction of sp³-hybridized carbons (Fsp3) is 0.429. The van der Waals surface area contributed by atoms with Gasteiger partial charge in [0, 0.05) is 6.07 Å². The SMILES string of the molecule is Cc1cc(C(N)CC#N)no1. The summed E-state index contributed by atoms with van der Waals surface area (Å²) in [5.74, 6) is 0.716. The number of aromatic nitrogens is 1. The van der Waals surface area contributed by atoms with E-state index in [-0.39, 0.29) is 12.5 Å². The molecule has 1 heterocycles. The number of nitrogens with zero attached hydrogens (tertiary/aromatic N) is 2. The lowest BCUT2D eigenvalue weighted by Gasteiger charge is -1.98.